The molecule has 0 spiro atoms. The summed E-state index contributed by atoms with van der Waals surface area (Å²) >= 11 is 1.76. The molecule has 1 aliphatic carbocycles. The fourth-order valence-electron chi connectivity index (χ4n) is 2.57. The highest BCUT2D eigenvalue weighted by atomic mass is 32.1. The Bertz CT molecular complexity index is 584. The highest BCUT2D eigenvalue weighted by molar-refractivity contribution is 7.19. The summed E-state index contributed by atoms with van der Waals surface area (Å²) in [5.41, 5.74) is 1.48. The fourth-order valence-corrected chi connectivity index (χ4v) is 3.85. The maximum atomic E-state index is 13.3. The van der Waals surface area contributed by atoms with Crippen molar-refractivity contribution in [1.82, 2.24) is 5.32 Å². The van der Waals surface area contributed by atoms with Crippen molar-refractivity contribution < 1.29 is 4.39 Å². The average molecular weight is 277 g/mol. The van der Waals surface area contributed by atoms with E-state index >= 15 is 0 Å². The first-order valence-electron chi connectivity index (χ1n) is 7.06. The van der Waals surface area contributed by atoms with Crippen molar-refractivity contribution in [1.29, 1.82) is 0 Å². The quantitative estimate of drug-likeness (QED) is 0.838. The first kappa shape index (κ1) is 13.1. The summed E-state index contributed by atoms with van der Waals surface area (Å²) in [5.74, 6) is 1.25. The van der Waals surface area contributed by atoms with Crippen LogP contribution in [0.5, 0.6) is 0 Å². The molecule has 0 radical (unpaired) electrons. The number of hydrogen-bond acceptors (Lipinski definition) is 2. The maximum absolute atomic E-state index is 13.3. The Hall–Kier alpha value is -0.930. The van der Waals surface area contributed by atoms with Gasteiger partial charge in [0.25, 0.3) is 0 Å². The minimum atomic E-state index is -0.127. The van der Waals surface area contributed by atoms with Crippen LogP contribution < -0.4 is 5.32 Å². The Kier molecular flexibility index (Phi) is 3.59. The number of thiophene rings is 1. The Labute approximate surface area is 117 Å². The third-order valence-corrected chi connectivity index (χ3v) is 4.76. The molecule has 1 nitrogen and oxygen atoms in total. The lowest BCUT2D eigenvalue weighted by atomic mass is 10.1. The number of nitrogens with one attached hydrogen (secondary N) is 1. The van der Waals surface area contributed by atoms with Gasteiger partial charge in [-0.2, -0.15) is 0 Å². The van der Waals surface area contributed by atoms with Crippen LogP contribution in [0.25, 0.3) is 10.1 Å². The molecule has 3 rings (SSSR count). The molecule has 0 atom stereocenters. The van der Waals surface area contributed by atoms with E-state index in [1.807, 2.05) is 6.07 Å². The van der Waals surface area contributed by atoms with Crippen LogP contribution in [-0.2, 0) is 6.54 Å². The molecule has 0 saturated heterocycles. The van der Waals surface area contributed by atoms with E-state index in [-0.39, 0.29) is 5.82 Å². The van der Waals surface area contributed by atoms with Gasteiger partial charge in [0.1, 0.15) is 5.82 Å². The third kappa shape index (κ3) is 2.82. The predicted molar refractivity (Wildman–Crippen MR) is 80.3 cm³/mol. The molecule has 0 unspecified atom stereocenters. The predicted octanol–water partition coefficient (Wildman–Crippen LogP) is 4.66. The minimum Gasteiger partial charge on any atom is -0.312 e. The zero-order chi connectivity index (χ0) is 13.4. The van der Waals surface area contributed by atoms with Crippen LogP contribution in [0.2, 0.25) is 0 Å². The molecule has 1 fully saturated rings. The van der Waals surface area contributed by atoms with E-state index in [2.05, 4.69) is 19.2 Å². The zero-order valence-electron chi connectivity index (χ0n) is 11.5. The van der Waals surface area contributed by atoms with Gasteiger partial charge in [-0.15, -0.1) is 11.3 Å². The van der Waals surface area contributed by atoms with Crippen LogP contribution in [0.15, 0.2) is 18.2 Å². The second-order valence-electron chi connectivity index (χ2n) is 5.88. The van der Waals surface area contributed by atoms with Crippen LogP contribution in [0.3, 0.4) is 0 Å². The number of fused-ring (bicyclic) bond motifs is 1. The van der Waals surface area contributed by atoms with Crippen LogP contribution in [0.1, 0.15) is 43.0 Å². The second-order valence-corrected chi connectivity index (χ2v) is 7.02. The van der Waals surface area contributed by atoms with E-state index in [1.54, 1.807) is 23.5 Å². The summed E-state index contributed by atoms with van der Waals surface area (Å²) in [5, 5.41) is 4.79. The molecule has 0 amide bonds. The van der Waals surface area contributed by atoms with E-state index in [0.29, 0.717) is 5.92 Å². The number of hydrogen-bond donors (Lipinski definition) is 1. The van der Waals surface area contributed by atoms with Gasteiger partial charge >= 0.3 is 0 Å². The van der Waals surface area contributed by atoms with Gasteiger partial charge in [-0.3, -0.25) is 0 Å². The van der Waals surface area contributed by atoms with Crippen LogP contribution in [-0.4, -0.2) is 6.54 Å². The highest BCUT2D eigenvalue weighted by Gasteiger charge is 2.29. The second kappa shape index (κ2) is 5.22. The molecule has 1 heterocycles. The summed E-state index contributed by atoms with van der Waals surface area (Å²) in [6.07, 6.45) is 2.58. The highest BCUT2D eigenvalue weighted by Crippen LogP contribution is 2.48. The van der Waals surface area contributed by atoms with Crippen LogP contribution in [0, 0.1) is 11.7 Å². The van der Waals surface area contributed by atoms with Crippen molar-refractivity contribution in [3.63, 3.8) is 0 Å². The molecule has 0 bridgehead atoms. The van der Waals surface area contributed by atoms with E-state index < -0.39 is 0 Å². The van der Waals surface area contributed by atoms with Gasteiger partial charge in [-0.25, -0.2) is 4.39 Å². The van der Waals surface area contributed by atoms with Crippen molar-refractivity contribution >= 4 is 21.4 Å². The SMILES string of the molecule is CC(C)CNCc1sc2cc(F)ccc2c1C1CC1. The Morgan fingerprint density at radius 1 is 1.37 bits per heavy atom. The smallest absolute Gasteiger partial charge is 0.124 e. The van der Waals surface area contributed by atoms with Gasteiger partial charge in [0.2, 0.25) is 0 Å². The summed E-state index contributed by atoms with van der Waals surface area (Å²) < 4.78 is 14.4. The molecule has 2 aromatic rings. The van der Waals surface area contributed by atoms with E-state index in [4.69, 9.17) is 0 Å². The van der Waals surface area contributed by atoms with E-state index in [1.165, 1.54) is 28.7 Å². The topological polar surface area (TPSA) is 12.0 Å². The molecule has 3 heteroatoms. The zero-order valence-corrected chi connectivity index (χ0v) is 12.3. The standard InChI is InChI=1S/C16H20FNS/c1-10(2)8-18-9-15-16(11-3-4-11)13-6-5-12(17)7-14(13)19-15/h5-7,10-11,18H,3-4,8-9H2,1-2H3. The van der Waals surface area contributed by atoms with Gasteiger partial charge in [0, 0.05) is 16.1 Å². The third-order valence-electron chi connectivity index (χ3n) is 3.59. The van der Waals surface area contributed by atoms with Gasteiger partial charge in [-0.05, 0) is 54.3 Å². The largest absolute Gasteiger partial charge is 0.312 e. The summed E-state index contributed by atoms with van der Waals surface area (Å²) in [6, 6.07) is 5.23. The van der Waals surface area contributed by atoms with Crippen molar-refractivity contribution in [2.24, 2.45) is 5.92 Å². The summed E-state index contributed by atoms with van der Waals surface area (Å²) in [4.78, 5) is 1.41. The number of benzene rings is 1. The number of halogens is 1. The Morgan fingerprint density at radius 3 is 2.84 bits per heavy atom. The molecule has 1 aliphatic rings. The summed E-state index contributed by atoms with van der Waals surface area (Å²) in [6.45, 7) is 6.39. The fraction of sp³-hybridized carbons (Fsp3) is 0.500. The number of rotatable bonds is 5. The molecule has 1 aromatic carbocycles. The monoisotopic (exact) mass is 277 g/mol. The van der Waals surface area contributed by atoms with Gasteiger partial charge in [-0.1, -0.05) is 19.9 Å². The molecular weight excluding hydrogens is 257 g/mol. The maximum Gasteiger partial charge on any atom is 0.124 e. The van der Waals surface area contributed by atoms with Crippen LogP contribution in [0.4, 0.5) is 4.39 Å². The first-order chi connectivity index (χ1) is 9.15. The van der Waals surface area contributed by atoms with E-state index in [0.717, 1.165) is 23.7 Å². The van der Waals surface area contributed by atoms with Crippen molar-refractivity contribution in [2.75, 3.05) is 6.54 Å². The van der Waals surface area contributed by atoms with Crippen molar-refractivity contribution in [2.45, 2.75) is 39.2 Å². The van der Waals surface area contributed by atoms with Crippen molar-refractivity contribution in [3.05, 3.63) is 34.5 Å². The molecular formula is C16H20FNS. The van der Waals surface area contributed by atoms with Gasteiger partial charge in [0.15, 0.2) is 0 Å². The average Bonchev–Trinajstić information content (AvgIpc) is 3.11. The normalized spacial score (nSPS) is 15.6. The van der Waals surface area contributed by atoms with Crippen molar-refractivity contribution in [3.8, 4) is 0 Å². The minimum absolute atomic E-state index is 0.127. The Balaban J connectivity index is 1.91. The lowest BCUT2D eigenvalue weighted by Gasteiger charge is -2.07. The molecule has 102 valence electrons. The molecule has 1 saturated carbocycles. The lowest BCUT2D eigenvalue weighted by molar-refractivity contribution is 0.554. The van der Waals surface area contributed by atoms with Crippen LogP contribution >= 0.6 is 11.3 Å². The molecule has 1 N–H and O–H groups in total. The molecule has 19 heavy (non-hydrogen) atoms. The molecule has 0 aliphatic heterocycles. The lowest BCUT2D eigenvalue weighted by Crippen LogP contribution is -2.18. The van der Waals surface area contributed by atoms with Gasteiger partial charge in [0.05, 0.1) is 0 Å². The first-order valence-corrected chi connectivity index (χ1v) is 7.88. The Morgan fingerprint density at radius 2 is 2.16 bits per heavy atom. The molecule has 1 aromatic heterocycles. The van der Waals surface area contributed by atoms with Gasteiger partial charge < -0.3 is 5.32 Å². The summed E-state index contributed by atoms with van der Waals surface area (Å²) in [7, 11) is 0. The van der Waals surface area contributed by atoms with E-state index in [9.17, 15) is 4.39 Å².